The first-order valence-electron chi connectivity index (χ1n) is 19.4. The number of anilines is 2. The molecule has 1 atom stereocenters. The number of carbonyl (C=O) groups is 2. The number of hydrogen-bond acceptors (Lipinski definition) is 10. The minimum absolute atomic E-state index is 0.0359. The van der Waals surface area contributed by atoms with E-state index in [4.69, 9.17) is 37.2 Å². The molecule has 2 aliphatic rings. The number of primary amides is 1. The first kappa shape index (κ1) is 42.2. The SMILES string of the molecule is CC.CC1(C)CC(C)(C)C1Oc1ccc(C#N)c(Cl)c1.CC1CC(=O)Nc2cc(Oc3ncc(C(N)=O)cn3)cc(-c3ccc4c(c3)c(-c3cnn(C)c3)nn4C)c2N1. The van der Waals surface area contributed by atoms with Crippen molar-refractivity contribution in [1.29, 1.82) is 5.26 Å². The van der Waals surface area contributed by atoms with Crippen LogP contribution < -0.4 is 25.8 Å². The first-order chi connectivity index (χ1) is 28.0. The summed E-state index contributed by atoms with van der Waals surface area (Å²) in [7, 11) is 3.78. The topological polar surface area (TPSA) is 188 Å². The molecule has 1 aliphatic carbocycles. The number of carbonyl (C=O) groups excluding carboxylic acids is 2. The summed E-state index contributed by atoms with van der Waals surface area (Å²) < 4.78 is 15.6. The van der Waals surface area contributed by atoms with Crippen molar-refractivity contribution in [2.75, 3.05) is 10.6 Å². The summed E-state index contributed by atoms with van der Waals surface area (Å²) >= 11 is 6.01. The van der Waals surface area contributed by atoms with E-state index < -0.39 is 5.91 Å². The van der Waals surface area contributed by atoms with Gasteiger partial charge in [0.2, 0.25) is 5.91 Å². The Morgan fingerprint density at radius 1 is 0.983 bits per heavy atom. The van der Waals surface area contributed by atoms with Gasteiger partial charge in [0.15, 0.2) is 0 Å². The Labute approximate surface area is 348 Å². The molecule has 0 radical (unpaired) electrons. The van der Waals surface area contributed by atoms with E-state index in [9.17, 15) is 9.59 Å². The molecule has 3 aromatic heterocycles. The fourth-order valence-electron chi connectivity index (χ4n) is 8.13. The Balaban J connectivity index is 0.000000245. The zero-order valence-electron chi connectivity index (χ0n) is 34.7. The number of ether oxygens (including phenoxy) is 2. The number of nitrogens with zero attached hydrogens (tertiary/aromatic N) is 7. The van der Waals surface area contributed by atoms with Crippen molar-refractivity contribution in [2.45, 2.75) is 73.5 Å². The number of nitrogens with one attached hydrogen (secondary N) is 2. The van der Waals surface area contributed by atoms with Gasteiger partial charge in [0.1, 0.15) is 29.4 Å². The Hall–Kier alpha value is -6.46. The monoisotopic (exact) mass is 816 g/mol. The molecule has 4 heterocycles. The fourth-order valence-corrected chi connectivity index (χ4v) is 8.34. The molecule has 3 aromatic carbocycles. The summed E-state index contributed by atoms with van der Waals surface area (Å²) in [5.41, 5.74) is 12.1. The third-order valence-corrected chi connectivity index (χ3v) is 10.5. The maximum atomic E-state index is 12.6. The maximum Gasteiger partial charge on any atom is 0.321 e. The molecular formula is C44H49ClN10O4. The molecule has 0 saturated heterocycles. The number of rotatable bonds is 7. The van der Waals surface area contributed by atoms with Crippen molar-refractivity contribution in [1.82, 2.24) is 29.5 Å². The lowest BCUT2D eigenvalue weighted by Crippen LogP contribution is -2.58. The molecule has 14 nitrogen and oxygen atoms in total. The normalized spacial score (nSPS) is 16.3. The third-order valence-electron chi connectivity index (χ3n) is 10.2. The Morgan fingerprint density at radius 3 is 2.31 bits per heavy atom. The van der Waals surface area contributed by atoms with E-state index in [0.717, 1.165) is 51.1 Å². The summed E-state index contributed by atoms with van der Waals surface area (Å²) in [4.78, 5) is 32.1. The van der Waals surface area contributed by atoms with Gasteiger partial charge < -0.3 is 25.8 Å². The smallest absolute Gasteiger partial charge is 0.321 e. The summed E-state index contributed by atoms with van der Waals surface area (Å²) in [6.45, 7) is 14.8. The highest BCUT2D eigenvalue weighted by Crippen LogP contribution is 2.55. The molecule has 1 aliphatic heterocycles. The van der Waals surface area contributed by atoms with Crippen LogP contribution in [0.25, 0.3) is 33.3 Å². The van der Waals surface area contributed by atoms with Crippen LogP contribution in [0.5, 0.6) is 17.5 Å². The van der Waals surface area contributed by atoms with Crippen LogP contribution in [0.3, 0.4) is 0 Å². The second kappa shape index (κ2) is 16.8. The van der Waals surface area contributed by atoms with Gasteiger partial charge in [-0.2, -0.15) is 15.5 Å². The summed E-state index contributed by atoms with van der Waals surface area (Å²) in [5, 5.41) is 25.8. The summed E-state index contributed by atoms with van der Waals surface area (Å²) in [6, 6.07) is 16.9. The molecule has 0 bridgehead atoms. The Morgan fingerprint density at radius 2 is 1.69 bits per heavy atom. The van der Waals surface area contributed by atoms with Gasteiger partial charge in [0, 0.05) is 84.6 Å². The Bertz CT molecular complexity index is 2560. The number of nitrogens with two attached hydrogens (primary N) is 1. The van der Waals surface area contributed by atoms with Crippen LogP contribution in [0.15, 0.2) is 73.3 Å². The Kier molecular flexibility index (Phi) is 12.0. The van der Waals surface area contributed by atoms with Crippen LogP contribution in [-0.2, 0) is 18.9 Å². The number of aromatic nitrogens is 6. The number of fused-ring (bicyclic) bond motifs is 2. The molecule has 59 heavy (non-hydrogen) atoms. The second-order valence-corrected chi connectivity index (χ2v) is 16.3. The number of amides is 2. The summed E-state index contributed by atoms with van der Waals surface area (Å²) in [6.07, 6.45) is 7.96. The molecule has 0 spiro atoms. The first-order valence-corrected chi connectivity index (χ1v) is 19.8. The predicted molar refractivity (Wildman–Crippen MR) is 229 cm³/mol. The number of aryl methyl sites for hydroxylation is 2. The highest BCUT2D eigenvalue weighted by molar-refractivity contribution is 6.31. The molecule has 1 unspecified atom stereocenters. The van der Waals surface area contributed by atoms with Crippen LogP contribution in [0, 0.1) is 22.2 Å². The standard InChI is InChI=1S/C27H25N9O3.C15H18ClNO.C2H6/c1-14-6-23(37)33-21-9-18(39-27-29-10-16(11-30-27)26(28)38)8-19(25(21)32-14)15-4-5-22-20(7-15)24(34-36(22)3)17-12-31-35(2)13-17;1-14(2)9-15(3,4)13(14)18-11-6-5-10(8-17)12(16)7-11;1-2/h4-5,7-14,32H,6H2,1-3H3,(H2,28,38)(H,33,37);5-7,13H,9H2,1-4H3;1-2H3. The van der Waals surface area contributed by atoms with E-state index in [0.29, 0.717) is 28.4 Å². The van der Waals surface area contributed by atoms with Gasteiger partial charge in [0.25, 0.3) is 5.91 Å². The number of benzene rings is 3. The minimum atomic E-state index is -0.631. The zero-order chi connectivity index (χ0) is 42.8. The maximum absolute atomic E-state index is 12.6. The lowest BCUT2D eigenvalue weighted by Gasteiger charge is -2.56. The molecule has 1 fully saturated rings. The average molecular weight is 817 g/mol. The lowest BCUT2D eigenvalue weighted by atomic mass is 9.53. The molecule has 6 aromatic rings. The largest absolute Gasteiger partial charge is 0.489 e. The lowest BCUT2D eigenvalue weighted by molar-refractivity contribution is -0.133. The minimum Gasteiger partial charge on any atom is -0.489 e. The van der Waals surface area contributed by atoms with E-state index in [2.05, 4.69) is 59.5 Å². The quantitative estimate of drug-likeness (QED) is 0.140. The van der Waals surface area contributed by atoms with Crippen LogP contribution in [0.4, 0.5) is 11.4 Å². The van der Waals surface area contributed by atoms with Gasteiger partial charge in [-0.05, 0) is 49.2 Å². The van der Waals surface area contributed by atoms with Crippen LogP contribution in [0.2, 0.25) is 5.02 Å². The van der Waals surface area contributed by atoms with Crippen molar-refractivity contribution >= 4 is 45.7 Å². The molecule has 1 saturated carbocycles. The van der Waals surface area contributed by atoms with Crippen molar-refractivity contribution < 1.29 is 19.1 Å². The van der Waals surface area contributed by atoms with Gasteiger partial charge >= 0.3 is 6.01 Å². The highest BCUT2D eigenvalue weighted by Gasteiger charge is 2.54. The molecule has 8 rings (SSSR count). The van der Waals surface area contributed by atoms with Gasteiger partial charge in [-0.1, -0.05) is 59.2 Å². The van der Waals surface area contributed by atoms with Crippen molar-refractivity contribution in [3.05, 3.63) is 89.5 Å². The predicted octanol–water partition coefficient (Wildman–Crippen LogP) is 8.91. The second-order valence-electron chi connectivity index (χ2n) is 15.9. The number of hydrogen-bond donors (Lipinski definition) is 3. The molecule has 15 heteroatoms. The van der Waals surface area contributed by atoms with Crippen LogP contribution in [0.1, 0.15) is 77.2 Å². The fraction of sp³-hybridized carbons (Fsp3) is 0.341. The van der Waals surface area contributed by atoms with E-state index >= 15 is 0 Å². The zero-order valence-corrected chi connectivity index (χ0v) is 35.5. The number of halogens is 1. The average Bonchev–Trinajstić information content (AvgIpc) is 3.72. The molecular weight excluding hydrogens is 768 g/mol. The van der Waals surface area contributed by atoms with Crippen molar-refractivity contribution in [3.8, 4) is 46.0 Å². The molecule has 4 N–H and O–H groups in total. The molecule has 2 amide bonds. The van der Waals surface area contributed by atoms with Gasteiger partial charge in [-0.3, -0.25) is 19.0 Å². The van der Waals surface area contributed by atoms with Gasteiger partial charge in [-0.25, -0.2) is 9.97 Å². The van der Waals surface area contributed by atoms with E-state index in [1.54, 1.807) is 29.1 Å². The van der Waals surface area contributed by atoms with Crippen LogP contribution in [-0.4, -0.2) is 53.5 Å². The van der Waals surface area contributed by atoms with E-state index in [1.165, 1.54) is 12.4 Å². The number of nitriles is 1. The highest BCUT2D eigenvalue weighted by atomic mass is 35.5. The molecule has 306 valence electrons. The van der Waals surface area contributed by atoms with Crippen LogP contribution >= 0.6 is 11.6 Å². The van der Waals surface area contributed by atoms with E-state index in [1.807, 2.05) is 76.1 Å². The van der Waals surface area contributed by atoms with Crippen molar-refractivity contribution in [2.24, 2.45) is 30.7 Å². The summed E-state index contributed by atoms with van der Waals surface area (Å²) in [5.74, 6) is 0.407. The van der Waals surface area contributed by atoms with Crippen molar-refractivity contribution in [3.63, 3.8) is 0 Å². The van der Waals surface area contributed by atoms with E-state index in [-0.39, 0.29) is 40.5 Å². The van der Waals surface area contributed by atoms with Gasteiger partial charge in [-0.15, -0.1) is 0 Å². The third kappa shape index (κ3) is 9.00. The van der Waals surface area contributed by atoms with Gasteiger partial charge in [0.05, 0.1) is 39.2 Å².